The molecular formula is C13H10Cl3IN2. The van der Waals surface area contributed by atoms with E-state index < -0.39 is 0 Å². The second-order valence-electron chi connectivity index (χ2n) is 3.95. The minimum Gasteiger partial charge on any atom is -0.232 e. The average molecular weight is 428 g/mol. The van der Waals surface area contributed by atoms with Gasteiger partial charge in [-0.3, -0.25) is 0 Å². The third-order valence-electron chi connectivity index (χ3n) is 2.55. The van der Waals surface area contributed by atoms with Crippen molar-refractivity contribution in [1.82, 2.24) is 9.97 Å². The number of aryl methyl sites for hydroxylation is 1. The van der Waals surface area contributed by atoms with E-state index in [0.29, 0.717) is 26.6 Å². The van der Waals surface area contributed by atoms with E-state index in [-0.39, 0.29) is 0 Å². The molecule has 6 heteroatoms. The summed E-state index contributed by atoms with van der Waals surface area (Å²) >= 11 is 20.7. The first-order valence-corrected chi connectivity index (χ1v) is 7.92. The van der Waals surface area contributed by atoms with E-state index in [9.17, 15) is 0 Å². The first-order chi connectivity index (χ1) is 9.04. The Morgan fingerprint density at radius 3 is 2.32 bits per heavy atom. The standard InChI is InChI=1S/C13H10Cl3IN2/c1-2-4-9-11(17)12(16)19-13(18-9)10-7(14)5-3-6-8(10)15/h3,5-6H,2,4H2,1H3. The lowest BCUT2D eigenvalue weighted by Gasteiger charge is -2.10. The minimum atomic E-state index is 0.435. The van der Waals surface area contributed by atoms with Gasteiger partial charge in [0.25, 0.3) is 0 Å². The highest BCUT2D eigenvalue weighted by molar-refractivity contribution is 14.1. The molecule has 0 atom stereocenters. The summed E-state index contributed by atoms with van der Waals surface area (Å²) in [5.74, 6) is 0.476. The summed E-state index contributed by atoms with van der Waals surface area (Å²) in [6.07, 6.45) is 1.83. The Bertz CT molecular complexity index is 597. The van der Waals surface area contributed by atoms with Gasteiger partial charge in [-0.1, -0.05) is 54.2 Å². The van der Waals surface area contributed by atoms with Gasteiger partial charge in [-0.2, -0.15) is 0 Å². The van der Waals surface area contributed by atoms with E-state index in [2.05, 4.69) is 39.5 Å². The van der Waals surface area contributed by atoms with Crippen LogP contribution in [0.15, 0.2) is 18.2 Å². The van der Waals surface area contributed by atoms with Crippen molar-refractivity contribution >= 4 is 57.4 Å². The Morgan fingerprint density at radius 2 is 1.74 bits per heavy atom. The van der Waals surface area contributed by atoms with Gasteiger partial charge < -0.3 is 0 Å². The van der Waals surface area contributed by atoms with E-state index in [1.807, 2.05) is 0 Å². The molecule has 2 aromatic rings. The van der Waals surface area contributed by atoms with Crippen molar-refractivity contribution in [2.75, 3.05) is 0 Å². The van der Waals surface area contributed by atoms with Crippen LogP contribution in [0.3, 0.4) is 0 Å². The van der Waals surface area contributed by atoms with Gasteiger partial charge in [0.15, 0.2) is 5.82 Å². The van der Waals surface area contributed by atoms with E-state index in [1.165, 1.54) is 0 Å². The molecule has 0 N–H and O–H groups in total. The summed E-state index contributed by atoms with van der Waals surface area (Å²) in [7, 11) is 0. The Morgan fingerprint density at radius 1 is 1.11 bits per heavy atom. The van der Waals surface area contributed by atoms with Crippen LogP contribution in [0.4, 0.5) is 0 Å². The lowest BCUT2D eigenvalue weighted by Crippen LogP contribution is -2.01. The summed E-state index contributed by atoms with van der Waals surface area (Å²) in [5, 5.41) is 1.48. The lowest BCUT2D eigenvalue weighted by atomic mass is 10.2. The Kier molecular flexibility index (Phi) is 5.29. The monoisotopic (exact) mass is 426 g/mol. The largest absolute Gasteiger partial charge is 0.232 e. The first-order valence-electron chi connectivity index (χ1n) is 5.71. The molecule has 0 bridgehead atoms. The van der Waals surface area contributed by atoms with Crippen LogP contribution in [0, 0.1) is 3.57 Å². The number of nitrogens with zero attached hydrogens (tertiary/aromatic N) is 2. The molecule has 1 aromatic carbocycles. The van der Waals surface area contributed by atoms with Crippen molar-refractivity contribution < 1.29 is 0 Å². The van der Waals surface area contributed by atoms with Crippen molar-refractivity contribution in [1.29, 1.82) is 0 Å². The zero-order valence-corrected chi connectivity index (χ0v) is 14.5. The average Bonchev–Trinajstić information content (AvgIpc) is 2.35. The normalized spacial score (nSPS) is 10.8. The van der Waals surface area contributed by atoms with E-state index >= 15 is 0 Å². The number of aromatic nitrogens is 2. The molecule has 0 aliphatic rings. The van der Waals surface area contributed by atoms with Gasteiger partial charge in [0.2, 0.25) is 0 Å². The summed E-state index contributed by atoms with van der Waals surface area (Å²) in [6, 6.07) is 5.31. The van der Waals surface area contributed by atoms with Crippen molar-refractivity contribution in [2.45, 2.75) is 19.8 Å². The second kappa shape index (κ2) is 6.57. The summed E-state index contributed by atoms with van der Waals surface area (Å²) in [4.78, 5) is 8.83. The second-order valence-corrected chi connectivity index (χ2v) is 6.20. The molecule has 1 heterocycles. The van der Waals surface area contributed by atoms with Gasteiger partial charge in [0.1, 0.15) is 5.15 Å². The van der Waals surface area contributed by atoms with Crippen LogP contribution in [-0.2, 0) is 6.42 Å². The molecular weight excluding hydrogens is 417 g/mol. The van der Waals surface area contributed by atoms with E-state index in [4.69, 9.17) is 34.8 Å². The lowest BCUT2D eigenvalue weighted by molar-refractivity contribution is 0.867. The molecule has 0 aliphatic carbocycles. The summed E-state index contributed by atoms with van der Waals surface area (Å²) in [5.41, 5.74) is 1.55. The van der Waals surface area contributed by atoms with Crippen LogP contribution < -0.4 is 0 Å². The highest BCUT2D eigenvalue weighted by atomic mass is 127. The minimum absolute atomic E-state index is 0.435. The Balaban J connectivity index is 2.63. The van der Waals surface area contributed by atoms with Crippen LogP contribution >= 0.6 is 57.4 Å². The molecule has 0 amide bonds. The molecule has 100 valence electrons. The van der Waals surface area contributed by atoms with Gasteiger partial charge in [-0.25, -0.2) is 9.97 Å². The highest BCUT2D eigenvalue weighted by Gasteiger charge is 2.16. The first kappa shape index (κ1) is 15.3. The smallest absolute Gasteiger partial charge is 0.164 e. The molecule has 0 saturated carbocycles. The van der Waals surface area contributed by atoms with Crippen molar-refractivity contribution in [2.24, 2.45) is 0 Å². The topological polar surface area (TPSA) is 25.8 Å². The van der Waals surface area contributed by atoms with Gasteiger partial charge in [-0.05, 0) is 41.1 Å². The van der Waals surface area contributed by atoms with Crippen LogP contribution in [-0.4, -0.2) is 9.97 Å². The van der Waals surface area contributed by atoms with Gasteiger partial charge in [-0.15, -0.1) is 0 Å². The molecule has 2 nitrogen and oxygen atoms in total. The fourth-order valence-corrected chi connectivity index (χ4v) is 2.96. The highest BCUT2D eigenvalue weighted by Crippen LogP contribution is 2.34. The zero-order chi connectivity index (χ0) is 14.0. The van der Waals surface area contributed by atoms with Crippen molar-refractivity contribution in [3.63, 3.8) is 0 Å². The maximum atomic E-state index is 6.18. The fraction of sp³-hybridized carbons (Fsp3) is 0.231. The SMILES string of the molecule is CCCc1nc(-c2c(Cl)cccc2Cl)nc(Cl)c1I. The maximum Gasteiger partial charge on any atom is 0.164 e. The van der Waals surface area contributed by atoms with Crippen LogP contribution in [0.1, 0.15) is 19.0 Å². The van der Waals surface area contributed by atoms with E-state index in [0.717, 1.165) is 22.1 Å². The van der Waals surface area contributed by atoms with Crippen molar-refractivity contribution in [3.8, 4) is 11.4 Å². The summed E-state index contributed by atoms with van der Waals surface area (Å²) < 4.78 is 0.882. The Hall–Kier alpha value is -0.100. The fourth-order valence-electron chi connectivity index (χ4n) is 1.69. The Labute approximate surface area is 140 Å². The molecule has 0 aliphatic heterocycles. The third-order valence-corrected chi connectivity index (χ3v) is 4.91. The number of benzene rings is 1. The molecule has 1 aromatic heterocycles. The molecule has 0 spiro atoms. The summed E-state index contributed by atoms with van der Waals surface area (Å²) in [6.45, 7) is 2.09. The predicted molar refractivity (Wildman–Crippen MR) is 89.2 cm³/mol. The van der Waals surface area contributed by atoms with Crippen LogP contribution in [0.25, 0.3) is 11.4 Å². The van der Waals surface area contributed by atoms with Gasteiger partial charge >= 0.3 is 0 Å². The number of hydrogen-bond acceptors (Lipinski definition) is 2. The third kappa shape index (κ3) is 3.32. The molecule has 19 heavy (non-hydrogen) atoms. The predicted octanol–water partition coefficient (Wildman–Crippen LogP) is 5.66. The van der Waals surface area contributed by atoms with Crippen LogP contribution in [0.2, 0.25) is 15.2 Å². The quantitative estimate of drug-likeness (QED) is 0.467. The zero-order valence-electron chi connectivity index (χ0n) is 10.1. The van der Waals surface area contributed by atoms with Crippen molar-refractivity contribution in [3.05, 3.63) is 42.7 Å². The number of halogens is 4. The number of hydrogen-bond donors (Lipinski definition) is 0. The van der Waals surface area contributed by atoms with Gasteiger partial charge in [0, 0.05) is 0 Å². The maximum absolute atomic E-state index is 6.18. The molecule has 0 saturated heterocycles. The van der Waals surface area contributed by atoms with Crippen LogP contribution in [0.5, 0.6) is 0 Å². The molecule has 0 fully saturated rings. The molecule has 2 rings (SSSR count). The molecule has 0 radical (unpaired) electrons. The number of rotatable bonds is 3. The van der Waals surface area contributed by atoms with Gasteiger partial charge in [0.05, 0.1) is 24.9 Å². The van der Waals surface area contributed by atoms with E-state index in [1.54, 1.807) is 18.2 Å². The molecule has 0 unspecified atom stereocenters.